The van der Waals surface area contributed by atoms with Gasteiger partial charge in [-0.25, -0.2) is 21.2 Å². The van der Waals surface area contributed by atoms with E-state index in [1.165, 1.54) is 20.7 Å². The molecule has 0 aliphatic carbocycles. The highest BCUT2D eigenvalue weighted by Crippen LogP contribution is 2.24. The molecular weight excluding hydrogens is 403 g/mol. The molecule has 0 atom stereocenters. The molecule has 0 bridgehead atoms. The molecule has 1 aliphatic rings. The number of rotatable bonds is 4. The summed E-state index contributed by atoms with van der Waals surface area (Å²) < 4.78 is 67.6. The number of aryl methyl sites for hydroxylation is 2. The van der Waals surface area contributed by atoms with Crippen LogP contribution in [0.4, 0.5) is 4.39 Å². The second-order valence-corrected chi connectivity index (χ2v) is 10.7. The number of hydrogen-bond donors (Lipinski definition) is 0. The van der Waals surface area contributed by atoms with Crippen molar-refractivity contribution in [1.29, 1.82) is 0 Å². The van der Waals surface area contributed by atoms with E-state index in [-0.39, 0.29) is 36.0 Å². The third-order valence-corrected chi connectivity index (χ3v) is 8.80. The van der Waals surface area contributed by atoms with E-state index < -0.39 is 25.9 Å². The zero-order chi connectivity index (χ0) is 20.5. The van der Waals surface area contributed by atoms with Gasteiger partial charge in [0, 0.05) is 26.2 Å². The molecule has 0 saturated carbocycles. The summed E-state index contributed by atoms with van der Waals surface area (Å²) in [4.78, 5) is 0.243. The highest BCUT2D eigenvalue weighted by atomic mass is 32.2. The first kappa shape index (κ1) is 20.9. The van der Waals surface area contributed by atoms with Gasteiger partial charge in [0.15, 0.2) is 0 Å². The van der Waals surface area contributed by atoms with E-state index in [0.29, 0.717) is 12.0 Å². The van der Waals surface area contributed by atoms with Crippen LogP contribution in [0.2, 0.25) is 0 Å². The van der Waals surface area contributed by atoms with Crippen molar-refractivity contribution in [3.05, 3.63) is 59.4 Å². The van der Waals surface area contributed by atoms with Crippen LogP contribution in [0.15, 0.2) is 52.3 Å². The van der Waals surface area contributed by atoms with Gasteiger partial charge >= 0.3 is 0 Å². The molecule has 0 amide bonds. The number of benzene rings is 2. The number of halogens is 1. The van der Waals surface area contributed by atoms with Crippen LogP contribution in [0, 0.1) is 19.7 Å². The summed E-state index contributed by atoms with van der Waals surface area (Å²) in [7, 11) is -7.51. The Bertz CT molecular complexity index is 1070. The fourth-order valence-electron chi connectivity index (χ4n) is 3.25. The number of hydrogen-bond acceptors (Lipinski definition) is 4. The molecule has 2 aromatic carbocycles. The lowest BCUT2D eigenvalue weighted by atomic mass is 10.2. The first-order valence-corrected chi connectivity index (χ1v) is 11.8. The minimum absolute atomic E-state index is 0.0451. The Morgan fingerprint density at radius 3 is 1.93 bits per heavy atom. The van der Waals surface area contributed by atoms with Crippen molar-refractivity contribution in [2.75, 3.05) is 26.2 Å². The molecule has 3 rings (SSSR count). The fourth-order valence-corrected chi connectivity index (χ4v) is 6.40. The van der Waals surface area contributed by atoms with Crippen LogP contribution in [0.25, 0.3) is 0 Å². The molecule has 1 fully saturated rings. The standard InChI is InChI=1S/C19H23FN2O4S2/c1-15-4-7-18(8-5-15)27(23,24)21-10-3-11-22(13-12-21)28(25,26)19-9-6-17(20)14-16(19)2/h4-9,14H,3,10-13H2,1-2H3. The Hall–Kier alpha value is -1.81. The van der Waals surface area contributed by atoms with Crippen molar-refractivity contribution in [3.8, 4) is 0 Å². The summed E-state index contributed by atoms with van der Waals surface area (Å²) in [5.74, 6) is -0.498. The lowest BCUT2D eigenvalue weighted by Gasteiger charge is -2.22. The molecular formula is C19H23FN2O4S2. The molecule has 0 aromatic heterocycles. The first-order valence-electron chi connectivity index (χ1n) is 8.95. The molecule has 1 saturated heterocycles. The largest absolute Gasteiger partial charge is 0.243 e. The lowest BCUT2D eigenvalue weighted by Crippen LogP contribution is -2.37. The molecule has 0 N–H and O–H groups in total. The van der Waals surface area contributed by atoms with Gasteiger partial charge in [0.25, 0.3) is 0 Å². The van der Waals surface area contributed by atoms with Crippen LogP contribution >= 0.6 is 0 Å². The molecule has 28 heavy (non-hydrogen) atoms. The summed E-state index contributed by atoms with van der Waals surface area (Å²) in [6.07, 6.45) is 0.380. The van der Waals surface area contributed by atoms with E-state index in [9.17, 15) is 21.2 Å². The van der Waals surface area contributed by atoms with Gasteiger partial charge in [0.1, 0.15) is 5.82 Å². The van der Waals surface area contributed by atoms with Gasteiger partial charge in [-0.1, -0.05) is 17.7 Å². The lowest BCUT2D eigenvalue weighted by molar-refractivity contribution is 0.404. The van der Waals surface area contributed by atoms with Crippen molar-refractivity contribution in [2.45, 2.75) is 30.1 Å². The normalized spacial score (nSPS) is 17.4. The van der Waals surface area contributed by atoms with E-state index in [0.717, 1.165) is 11.6 Å². The fraction of sp³-hybridized carbons (Fsp3) is 0.368. The van der Waals surface area contributed by atoms with Crippen molar-refractivity contribution >= 4 is 20.0 Å². The third-order valence-electron chi connectivity index (χ3n) is 4.83. The van der Waals surface area contributed by atoms with Gasteiger partial charge in [-0.3, -0.25) is 0 Å². The van der Waals surface area contributed by atoms with E-state index in [2.05, 4.69) is 0 Å². The predicted molar refractivity (Wildman–Crippen MR) is 104 cm³/mol. The molecule has 6 nitrogen and oxygen atoms in total. The van der Waals surface area contributed by atoms with Gasteiger partial charge in [-0.05, 0) is 56.2 Å². The predicted octanol–water partition coefficient (Wildman–Crippen LogP) is 2.53. The zero-order valence-electron chi connectivity index (χ0n) is 15.8. The topological polar surface area (TPSA) is 74.8 Å². The Labute approximate surface area is 165 Å². The van der Waals surface area contributed by atoms with Gasteiger partial charge in [-0.2, -0.15) is 8.61 Å². The number of nitrogens with zero attached hydrogens (tertiary/aromatic N) is 2. The molecule has 1 heterocycles. The van der Waals surface area contributed by atoms with Crippen molar-refractivity contribution in [3.63, 3.8) is 0 Å². The molecule has 0 radical (unpaired) electrons. The summed E-state index contributed by atoms with van der Waals surface area (Å²) in [5, 5.41) is 0. The van der Waals surface area contributed by atoms with Crippen molar-refractivity contribution in [1.82, 2.24) is 8.61 Å². The van der Waals surface area contributed by atoms with Crippen LogP contribution in [0.3, 0.4) is 0 Å². The second kappa shape index (κ2) is 7.90. The van der Waals surface area contributed by atoms with Crippen LogP contribution in [0.5, 0.6) is 0 Å². The van der Waals surface area contributed by atoms with Crippen LogP contribution in [0.1, 0.15) is 17.5 Å². The molecule has 2 aromatic rings. The zero-order valence-corrected chi connectivity index (χ0v) is 17.4. The maximum absolute atomic E-state index is 13.3. The maximum Gasteiger partial charge on any atom is 0.243 e. The van der Waals surface area contributed by atoms with E-state index in [4.69, 9.17) is 0 Å². The molecule has 1 aliphatic heterocycles. The Morgan fingerprint density at radius 2 is 1.36 bits per heavy atom. The summed E-state index contributed by atoms with van der Waals surface area (Å²) in [6.45, 7) is 3.98. The number of sulfonamides is 2. The summed E-state index contributed by atoms with van der Waals surface area (Å²) in [6, 6.07) is 10.1. The Balaban J connectivity index is 1.82. The Morgan fingerprint density at radius 1 is 0.786 bits per heavy atom. The minimum atomic E-state index is -3.83. The molecule has 9 heteroatoms. The smallest absolute Gasteiger partial charge is 0.207 e. The summed E-state index contributed by atoms with van der Waals surface area (Å²) in [5.41, 5.74) is 1.29. The van der Waals surface area contributed by atoms with Crippen LogP contribution < -0.4 is 0 Å². The summed E-state index contributed by atoms with van der Waals surface area (Å²) >= 11 is 0. The van der Waals surface area contributed by atoms with Crippen molar-refractivity contribution in [2.24, 2.45) is 0 Å². The van der Waals surface area contributed by atoms with E-state index >= 15 is 0 Å². The third kappa shape index (κ3) is 4.12. The average Bonchev–Trinajstić information content (AvgIpc) is 2.89. The van der Waals surface area contributed by atoms with Crippen LogP contribution in [-0.4, -0.2) is 51.6 Å². The SMILES string of the molecule is Cc1ccc(S(=O)(=O)N2CCCN(S(=O)(=O)c3ccc(F)cc3C)CC2)cc1. The van der Waals surface area contributed by atoms with Gasteiger partial charge in [0.05, 0.1) is 9.79 Å². The van der Waals surface area contributed by atoms with E-state index in [1.807, 2.05) is 6.92 Å². The minimum Gasteiger partial charge on any atom is -0.207 e. The van der Waals surface area contributed by atoms with E-state index in [1.54, 1.807) is 31.2 Å². The molecule has 0 spiro atoms. The van der Waals surface area contributed by atoms with Gasteiger partial charge < -0.3 is 0 Å². The first-order chi connectivity index (χ1) is 13.1. The highest BCUT2D eigenvalue weighted by Gasteiger charge is 2.32. The van der Waals surface area contributed by atoms with Gasteiger partial charge in [0.2, 0.25) is 20.0 Å². The molecule has 152 valence electrons. The second-order valence-electron chi connectivity index (χ2n) is 6.88. The van der Waals surface area contributed by atoms with Crippen molar-refractivity contribution < 1.29 is 21.2 Å². The monoisotopic (exact) mass is 426 g/mol. The van der Waals surface area contributed by atoms with Crippen LogP contribution in [-0.2, 0) is 20.0 Å². The molecule has 0 unspecified atom stereocenters. The average molecular weight is 427 g/mol. The highest BCUT2D eigenvalue weighted by molar-refractivity contribution is 7.89. The Kier molecular flexibility index (Phi) is 5.90. The maximum atomic E-state index is 13.3. The van der Waals surface area contributed by atoms with Gasteiger partial charge in [-0.15, -0.1) is 0 Å². The quantitative estimate of drug-likeness (QED) is 0.753.